The number of rotatable bonds is 10. The predicted octanol–water partition coefficient (Wildman–Crippen LogP) is 2.96. The number of hydrogen-bond donors (Lipinski definition) is 0. The molecule has 0 amide bonds. The maximum atomic E-state index is 12.0. The van der Waals surface area contributed by atoms with Gasteiger partial charge < -0.3 is 23.7 Å². The van der Waals surface area contributed by atoms with Crippen LogP contribution in [0.1, 0.15) is 36.7 Å². The quantitative estimate of drug-likeness (QED) is 0.486. The van der Waals surface area contributed by atoms with Gasteiger partial charge in [0.1, 0.15) is 23.7 Å². The van der Waals surface area contributed by atoms with Crippen LogP contribution in [0.3, 0.4) is 0 Å². The molecule has 1 aromatic carbocycles. The van der Waals surface area contributed by atoms with E-state index in [0.717, 1.165) is 5.56 Å². The van der Waals surface area contributed by atoms with E-state index in [1.165, 1.54) is 7.11 Å². The number of carbonyl (C=O) groups is 1. The third kappa shape index (κ3) is 5.73. The first-order chi connectivity index (χ1) is 11.1. The highest BCUT2D eigenvalue weighted by molar-refractivity contribution is 5.94. The van der Waals surface area contributed by atoms with Gasteiger partial charge in [-0.3, -0.25) is 0 Å². The van der Waals surface area contributed by atoms with Gasteiger partial charge in [0.05, 0.1) is 13.7 Å². The van der Waals surface area contributed by atoms with E-state index < -0.39 is 12.3 Å². The molecule has 0 saturated heterocycles. The zero-order valence-electron chi connectivity index (χ0n) is 14.5. The topological polar surface area (TPSA) is 63.2 Å². The maximum absolute atomic E-state index is 12.0. The highest BCUT2D eigenvalue weighted by Crippen LogP contribution is 2.29. The van der Waals surface area contributed by atoms with Crippen LogP contribution >= 0.6 is 0 Å². The second-order valence-electron chi connectivity index (χ2n) is 4.69. The molecule has 0 aliphatic heterocycles. The summed E-state index contributed by atoms with van der Waals surface area (Å²) < 4.78 is 26.9. The molecule has 0 saturated carbocycles. The Morgan fingerprint density at radius 2 is 1.74 bits per heavy atom. The minimum absolute atomic E-state index is 0.253. The Hall–Kier alpha value is -1.79. The highest BCUT2D eigenvalue weighted by atomic mass is 16.7. The molecule has 0 N–H and O–H groups in total. The zero-order valence-corrected chi connectivity index (χ0v) is 14.5. The molecule has 0 aliphatic carbocycles. The number of benzene rings is 1. The van der Waals surface area contributed by atoms with Gasteiger partial charge in [0, 0.05) is 19.3 Å². The molecule has 0 spiro atoms. The van der Waals surface area contributed by atoms with E-state index in [2.05, 4.69) is 0 Å². The Kier molecular flexibility index (Phi) is 8.43. The van der Waals surface area contributed by atoms with Crippen LogP contribution in [-0.2, 0) is 14.2 Å². The summed E-state index contributed by atoms with van der Waals surface area (Å²) in [5.41, 5.74) is 1.13. The molecule has 0 bridgehead atoms. The molecule has 6 nitrogen and oxygen atoms in total. The van der Waals surface area contributed by atoms with Crippen LogP contribution in [0.25, 0.3) is 0 Å². The largest absolute Gasteiger partial charge is 0.496 e. The Morgan fingerprint density at radius 3 is 2.26 bits per heavy atom. The van der Waals surface area contributed by atoms with Gasteiger partial charge in [0.25, 0.3) is 0 Å². The third-order valence-corrected chi connectivity index (χ3v) is 3.06. The fourth-order valence-electron chi connectivity index (χ4n) is 2.11. The van der Waals surface area contributed by atoms with Crippen molar-refractivity contribution >= 4 is 5.97 Å². The van der Waals surface area contributed by atoms with Gasteiger partial charge >= 0.3 is 5.97 Å². The first-order valence-corrected chi connectivity index (χ1v) is 7.79. The molecule has 0 aromatic heterocycles. The third-order valence-electron chi connectivity index (χ3n) is 3.06. The highest BCUT2D eigenvalue weighted by Gasteiger charge is 2.19. The number of methoxy groups -OCH3 is 1. The molecule has 0 unspecified atom stereocenters. The van der Waals surface area contributed by atoms with Crippen LogP contribution < -0.4 is 9.47 Å². The van der Waals surface area contributed by atoms with Crippen molar-refractivity contribution in [2.45, 2.75) is 34.0 Å². The molecular formula is C17H26O6. The Bertz CT molecular complexity index is 494. The average Bonchev–Trinajstić information content (AvgIpc) is 2.52. The van der Waals surface area contributed by atoms with E-state index in [1.807, 2.05) is 20.8 Å². The molecule has 0 fully saturated rings. The minimum Gasteiger partial charge on any atom is -0.496 e. The van der Waals surface area contributed by atoms with Crippen LogP contribution in [0, 0.1) is 6.92 Å². The summed E-state index contributed by atoms with van der Waals surface area (Å²) in [5, 5.41) is 0. The maximum Gasteiger partial charge on any atom is 0.342 e. The van der Waals surface area contributed by atoms with Crippen molar-refractivity contribution in [3.8, 4) is 11.5 Å². The van der Waals surface area contributed by atoms with E-state index in [0.29, 0.717) is 36.9 Å². The molecule has 0 atom stereocenters. The Balaban J connectivity index is 2.89. The van der Waals surface area contributed by atoms with Gasteiger partial charge in [-0.25, -0.2) is 4.79 Å². The van der Waals surface area contributed by atoms with Crippen LogP contribution in [0.5, 0.6) is 11.5 Å². The van der Waals surface area contributed by atoms with E-state index >= 15 is 0 Å². The van der Waals surface area contributed by atoms with Crippen molar-refractivity contribution < 1.29 is 28.5 Å². The molecule has 0 aliphatic rings. The first-order valence-electron chi connectivity index (χ1n) is 7.79. The lowest BCUT2D eigenvalue weighted by Crippen LogP contribution is -2.25. The Labute approximate surface area is 137 Å². The second kappa shape index (κ2) is 10.1. The van der Waals surface area contributed by atoms with Crippen LogP contribution in [-0.4, -0.2) is 45.8 Å². The molecular weight excluding hydrogens is 300 g/mol. The van der Waals surface area contributed by atoms with Gasteiger partial charge in [-0.2, -0.15) is 0 Å². The van der Waals surface area contributed by atoms with Crippen molar-refractivity contribution in [1.29, 1.82) is 0 Å². The van der Waals surface area contributed by atoms with E-state index in [4.69, 9.17) is 23.7 Å². The summed E-state index contributed by atoms with van der Waals surface area (Å²) in [6.45, 7) is 9.01. The summed E-state index contributed by atoms with van der Waals surface area (Å²) >= 11 is 0. The summed E-state index contributed by atoms with van der Waals surface area (Å²) in [7, 11) is 1.50. The minimum atomic E-state index is -0.430. The molecule has 0 radical (unpaired) electrons. The fraction of sp³-hybridized carbons (Fsp3) is 0.588. The van der Waals surface area contributed by atoms with Crippen LogP contribution in [0.2, 0.25) is 0 Å². The number of esters is 1. The Morgan fingerprint density at radius 1 is 1.09 bits per heavy atom. The predicted molar refractivity (Wildman–Crippen MR) is 86.2 cm³/mol. The molecule has 130 valence electrons. The van der Waals surface area contributed by atoms with Gasteiger partial charge in [0.15, 0.2) is 6.29 Å². The van der Waals surface area contributed by atoms with Gasteiger partial charge in [-0.1, -0.05) is 0 Å². The van der Waals surface area contributed by atoms with Crippen molar-refractivity contribution in [1.82, 2.24) is 0 Å². The number of carbonyl (C=O) groups excluding carboxylic acids is 1. The van der Waals surface area contributed by atoms with E-state index in [9.17, 15) is 4.79 Å². The lowest BCUT2D eigenvalue weighted by Gasteiger charge is -2.18. The molecule has 6 heteroatoms. The molecule has 1 aromatic rings. The number of hydrogen-bond acceptors (Lipinski definition) is 6. The number of aryl methyl sites for hydroxylation is 1. The second-order valence-corrected chi connectivity index (χ2v) is 4.69. The molecule has 0 heterocycles. The van der Waals surface area contributed by atoms with Crippen LogP contribution in [0.4, 0.5) is 0 Å². The summed E-state index contributed by atoms with van der Waals surface area (Å²) in [6.07, 6.45) is -0.430. The van der Waals surface area contributed by atoms with Crippen molar-refractivity contribution in [2.24, 2.45) is 0 Å². The summed E-state index contributed by atoms with van der Waals surface area (Å²) in [4.78, 5) is 12.0. The van der Waals surface area contributed by atoms with Gasteiger partial charge in [-0.15, -0.1) is 0 Å². The van der Waals surface area contributed by atoms with Crippen molar-refractivity contribution in [3.63, 3.8) is 0 Å². The van der Waals surface area contributed by atoms with Crippen LogP contribution in [0.15, 0.2) is 12.1 Å². The average molecular weight is 326 g/mol. The van der Waals surface area contributed by atoms with E-state index in [1.54, 1.807) is 19.1 Å². The standard InChI is InChI=1S/C17H26O6/c1-6-20-15(21-7-2)11-23-13-9-12(4)16(14(10-13)19-5)17(18)22-8-3/h9-10,15H,6-8,11H2,1-5H3. The normalized spacial score (nSPS) is 10.7. The lowest BCUT2D eigenvalue weighted by molar-refractivity contribution is -0.152. The summed E-state index contributed by atoms with van der Waals surface area (Å²) in [6, 6.07) is 3.43. The SMILES string of the molecule is CCOC(=O)c1c(C)cc(OCC(OCC)OCC)cc1OC. The summed E-state index contributed by atoms with van der Waals surface area (Å²) in [5.74, 6) is 0.592. The number of ether oxygens (including phenoxy) is 5. The molecule has 23 heavy (non-hydrogen) atoms. The van der Waals surface area contributed by atoms with Gasteiger partial charge in [0.2, 0.25) is 0 Å². The van der Waals surface area contributed by atoms with Crippen molar-refractivity contribution in [2.75, 3.05) is 33.5 Å². The smallest absolute Gasteiger partial charge is 0.342 e. The first kappa shape index (κ1) is 19.3. The van der Waals surface area contributed by atoms with Crippen molar-refractivity contribution in [3.05, 3.63) is 23.3 Å². The van der Waals surface area contributed by atoms with E-state index in [-0.39, 0.29) is 6.61 Å². The fourth-order valence-corrected chi connectivity index (χ4v) is 2.11. The monoisotopic (exact) mass is 326 g/mol. The lowest BCUT2D eigenvalue weighted by atomic mass is 10.1. The molecule has 1 rings (SSSR count). The zero-order chi connectivity index (χ0) is 17.2. The van der Waals surface area contributed by atoms with Gasteiger partial charge in [-0.05, 0) is 39.3 Å².